The van der Waals surface area contributed by atoms with Crippen LogP contribution in [0.25, 0.3) is 0 Å². The van der Waals surface area contributed by atoms with Crippen molar-refractivity contribution in [3.63, 3.8) is 0 Å². The number of halogens is 1. The minimum absolute atomic E-state index is 0.264. The van der Waals surface area contributed by atoms with Crippen LogP contribution in [-0.4, -0.2) is 29.7 Å². The fourth-order valence-electron chi connectivity index (χ4n) is 1.83. The second-order valence-electron chi connectivity index (χ2n) is 4.33. The average molecular weight is 272 g/mol. The monoisotopic (exact) mass is 271 g/mol. The van der Waals surface area contributed by atoms with E-state index >= 15 is 0 Å². The molecule has 0 fully saturated rings. The summed E-state index contributed by atoms with van der Waals surface area (Å²) in [5.41, 5.74) is 0. The van der Waals surface area contributed by atoms with Crippen molar-refractivity contribution in [2.75, 3.05) is 19.0 Å². The van der Waals surface area contributed by atoms with Crippen molar-refractivity contribution in [3.8, 4) is 0 Å². The van der Waals surface area contributed by atoms with Gasteiger partial charge in [0, 0.05) is 19.6 Å². The van der Waals surface area contributed by atoms with Gasteiger partial charge in [0.25, 0.3) is 0 Å². The van der Waals surface area contributed by atoms with Gasteiger partial charge >= 0.3 is 0 Å². The Labute approximate surface area is 114 Å². The molecule has 1 N–H and O–H groups in total. The van der Waals surface area contributed by atoms with E-state index < -0.39 is 0 Å². The van der Waals surface area contributed by atoms with Crippen molar-refractivity contribution in [3.05, 3.63) is 17.0 Å². The maximum absolute atomic E-state index is 6.00. The molecule has 4 nitrogen and oxygen atoms in total. The fourth-order valence-corrected chi connectivity index (χ4v) is 2.03. The summed E-state index contributed by atoms with van der Waals surface area (Å²) in [7, 11) is 1.71. The summed E-state index contributed by atoms with van der Waals surface area (Å²) >= 11 is 6.00. The van der Waals surface area contributed by atoms with Gasteiger partial charge in [-0.05, 0) is 12.8 Å². The third-order valence-corrected chi connectivity index (χ3v) is 2.77. The van der Waals surface area contributed by atoms with Crippen molar-refractivity contribution < 1.29 is 4.74 Å². The van der Waals surface area contributed by atoms with Crippen molar-refractivity contribution in [2.24, 2.45) is 0 Å². The van der Waals surface area contributed by atoms with E-state index in [9.17, 15) is 0 Å². The van der Waals surface area contributed by atoms with E-state index in [4.69, 9.17) is 16.3 Å². The van der Waals surface area contributed by atoms with E-state index in [1.54, 1.807) is 13.2 Å². The van der Waals surface area contributed by atoms with Crippen LogP contribution in [0.5, 0.6) is 0 Å². The SMILES string of the molecule is CCCc1nc(Cl)cc(NC(CCC)COC)n1. The number of hydrogen-bond acceptors (Lipinski definition) is 4. The Morgan fingerprint density at radius 2 is 2.11 bits per heavy atom. The van der Waals surface area contributed by atoms with Crippen molar-refractivity contribution in [2.45, 2.75) is 45.6 Å². The molecule has 0 spiro atoms. The first kappa shape index (κ1) is 15.2. The van der Waals surface area contributed by atoms with Gasteiger partial charge in [-0.25, -0.2) is 9.97 Å². The topological polar surface area (TPSA) is 47.0 Å². The molecule has 0 amide bonds. The molecule has 1 heterocycles. The highest BCUT2D eigenvalue weighted by molar-refractivity contribution is 6.29. The maximum atomic E-state index is 6.00. The minimum Gasteiger partial charge on any atom is -0.383 e. The summed E-state index contributed by atoms with van der Waals surface area (Å²) in [5.74, 6) is 1.58. The molecular formula is C13H22ClN3O. The first-order valence-corrected chi connectivity index (χ1v) is 6.86. The number of rotatable bonds is 8. The van der Waals surface area contributed by atoms with Crippen molar-refractivity contribution in [1.29, 1.82) is 0 Å². The Morgan fingerprint density at radius 3 is 2.72 bits per heavy atom. The fraction of sp³-hybridized carbons (Fsp3) is 0.692. The normalized spacial score (nSPS) is 12.4. The molecule has 0 saturated carbocycles. The van der Waals surface area contributed by atoms with Crippen LogP contribution in [0, 0.1) is 0 Å². The van der Waals surface area contributed by atoms with Crippen LogP contribution < -0.4 is 5.32 Å². The van der Waals surface area contributed by atoms with Crippen LogP contribution in [0.15, 0.2) is 6.07 Å². The van der Waals surface area contributed by atoms with Crippen LogP contribution >= 0.6 is 11.6 Å². The largest absolute Gasteiger partial charge is 0.383 e. The lowest BCUT2D eigenvalue weighted by atomic mass is 10.2. The van der Waals surface area contributed by atoms with Gasteiger partial charge in [0.15, 0.2) is 0 Å². The zero-order valence-corrected chi connectivity index (χ0v) is 12.1. The second-order valence-corrected chi connectivity index (χ2v) is 4.71. The molecule has 1 rings (SSSR count). The molecule has 0 radical (unpaired) electrons. The zero-order valence-electron chi connectivity index (χ0n) is 11.4. The molecule has 1 aromatic rings. The van der Waals surface area contributed by atoms with Gasteiger partial charge in [-0.3, -0.25) is 0 Å². The number of nitrogens with one attached hydrogen (secondary N) is 1. The third-order valence-electron chi connectivity index (χ3n) is 2.57. The molecule has 5 heteroatoms. The van der Waals surface area contributed by atoms with Crippen LogP contribution in [-0.2, 0) is 11.2 Å². The Balaban J connectivity index is 2.74. The quantitative estimate of drug-likeness (QED) is 0.737. The van der Waals surface area contributed by atoms with Gasteiger partial charge < -0.3 is 10.1 Å². The molecule has 1 atom stereocenters. The van der Waals surface area contributed by atoms with Crippen molar-refractivity contribution in [1.82, 2.24) is 9.97 Å². The number of aryl methyl sites for hydroxylation is 1. The van der Waals surface area contributed by atoms with Crippen LogP contribution in [0.1, 0.15) is 38.9 Å². The van der Waals surface area contributed by atoms with Gasteiger partial charge in [-0.1, -0.05) is 31.9 Å². The predicted octanol–water partition coefficient (Wildman–Crippen LogP) is 3.31. The van der Waals surface area contributed by atoms with E-state index in [0.717, 1.165) is 37.3 Å². The Morgan fingerprint density at radius 1 is 1.33 bits per heavy atom. The Hall–Kier alpha value is -0.870. The predicted molar refractivity (Wildman–Crippen MR) is 75.2 cm³/mol. The summed E-state index contributed by atoms with van der Waals surface area (Å²) in [6.07, 6.45) is 3.99. The van der Waals surface area contributed by atoms with Gasteiger partial charge in [-0.2, -0.15) is 0 Å². The standard InChI is InChI=1S/C13H22ClN3O/c1-4-6-10(9-18-3)15-13-8-11(14)16-12(17-13)7-5-2/h8,10H,4-7,9H2,1-3H3,(H,15,16,17). The van der Waals surface area contributed by atoms with E-state index in [0.29, 0.717) is 11.8 Å². The second kappa shape index (κ2) is 8.27. The number of methoxy groups -OCH3 is 1. The first-order chi connectivity index (χ1) is 8.69. The van der Waals surface area contributed by atoms with E-state index in [1.807, 2.05) is 0 Å². The van der Waals surface area contributed by atoms with Gasteiger partial charge in [0.2, 0.25) is 0 Å². The van der Waals surface area contributed by atoms with Gasteiger partial charge in [0.05, 0.1) is 12.6 Å². The van der Waals surface area contributed by atoms with Crippen LogP contribution in [0.4, 0.5) is 5.82 Å². The highest BCUT2D eigenvalue weighted by Gasteiger charge is 2.09. The number of hydrogen-bond donors (Lipinski definition) is 1. The summed E-state index contributed by atoms with van der Waals surface area (Å²) in [5, 5.41) is 3.85. The molecule has 0 saturated heterocycles. The molecule has 1 unspecified atom stereocenters. The number of nitrogens with zero attached hydrogens (tertiary/aromatic N) is 2. The van der Waals surface area contributed by atoms with E-state index in [-0.39, 0.29) is 6.04 Å². The zero-order chi connectivity index (χ0) is 13.4. The molecule has 1 aromatic heterocycles. The third kappa shape index (κ3) is 5.19. The lowest BCUT2D eigenvalue weighted by molar-refractivity contribution is 0.182. The minimum atomic E-state index is 0.264. The lowest BCUT2D eigenvalue weighted by Gasteiger charge is -2.18. The van der Waals surface area contributed by atoms with Crippen molar-refractivity contribution >= 4 is 17.4 Å². The number of aromatic nitrogens is 2. The van der Waals surface area contributed by atoms with E-state index in [2.05, 4.69) is 29.1 Å². The molecular weight excluding hydrogens is 250 g/mol. The average Bonchev–Trinajstić information content (AvgIpc) is 2.29. The molecule has 0 aliphatic carbocycles. The smallest absolute Gasteiger partial charge is 0.134 e. The first-order valence-electron chi connectivity index (χ1n) is 6.48. The lowest BCUT2D eigenvalue weighted by Crippen LogP contribution is -2.25. The summed E-state index contributed by atoms with van der Waals surface area (Å²) in [4.78, 5) is 8.67. The maximum Gasteiger partial charge on any atom is 0.134 e. The Bertz CT molecular complexity index is 354. The summed E-state index contributed by atoms with van der Waals surface area (Å²) < 4.78 is 5.20. The highest BCUT2D eigenvalue weighted by atomic mass is 35.5. The van der Waals surface area contributed by atoms with Crippen LogP contribution in [0.3, 0.4) is 0 Å². The molecule has 0 aliphatic rings. The molecule has 0 aliphatic heterocycles. The van der Waals surface area contributed by atoms with Gasteiger partial charge in [0.1, 0.15) is 16.8 Å². The number of ether oxygens (including phenoxy) is 1. The highest BCUT2D eigenvalue weighted by Crippen LogP contribution is 2.15. The Kier molecular flexibility index (Phi) is 6.98. The van der Waals surface area contributed by atoms with Gasteiger partial charge in [-0.15, -0.1) is 0 Å². The van der Waals surface area contributed by atoms with Crippen LogP contribution in [0.2, 0.25) is 5.15 Å². The molecule has 0 aromatic carbocycles. The number of anilines is 1. The molecule has 102 valence electrons. The molecule has 0 bridgehead atoms. The molecule has 18 heavy (non-hydrogen) atoms. The summed E-state index contributed by atoms with van der Waals surface area (Å²) in [6, 6.07) is 2.03. The van der Waals surface area contributed by atoms with E-state index in [1.165, 1.54) is 0 Å². The summed E-state index contributed by atoms with van der Waals surface area (Å²) in [6.45, 7) is 4.92.